The average molecular weight is 289 g/mol. The Kier molecular flexibility index (Phi) is 4.85. The number of H-pyrrole nitrogens is 1. The summed E-state index contributed by atoms with van der Waals surface area (Å²) in [6, 6.07) is 5.58. The van der Waals surface area contributed by atoms with Crippen LogP contribution >= 0.6 is 0 Å². The van der Waals surface area contributed by atoms with E-state index in [0.717, 1.165) is 35.0 Å². The Balaban J connectivity index is 2.32. The summed E-state index contributed by atoms with van der Waals surface area (Å²) < 4.78 is 10.7. The third-order valence-corrected chi connectivity index (χ3v) is 3.37. The van der Waals surface area contributed by atoms with Crippen molar-refractivity contribution in [3.05, 3.63) is 30.2 Å². The van der Waals surface area contributed by atoms with Gasteiger partial charge in [-0.25, -0.2) is 4.98 Å². The van der Waals surface area contributed by atoms with Crippen molar-refractivity contribution in [1.82, 2.24) is 9.97 Å². The topological polar surface area (TPSA) is 73.2 Å². The summed E-state index contributed by atoms with van der Waals surface area (Å²) in [5.41, 5.74) is 7.95. The predicted molar refractivity (Wildman–Crippen MR) is 83.5 cm³/mol. The van der Waals surface area contributed by atoms with E-state index in [1.165, 1.54) is 0 Å². The summed E-state index contributed by atoms with van der Waals surface area (Å²) in [6.07, 6.45) is 2.68. The normalized spacial score (nSPS) is 12.5. The van der Waals surface area contributed by atoms with Gasteiger partial charge in [0.05, 0.1) is 32.2 Å². The Labute approximate surface area is 125 Å². The minimum Gasteiger partial charge on any atom is -0.497 e. The molecular formula is C16H23N3O2. The Bertz CT molecular complexity index is 593. The van der Waals surface area contributed by atoms with E-state index in [2.05, 4.69) is 23.8 Å². The van der Waals surface area contributed by atoms with Crippen molar-refractivity contribution in [2.24, 2.45) is 11.7 Å². The minimum absolute atomic E-state index is 0.0876. The highest BCUT2D eigenvalue weighted by Crippen LogP contribution is 2.33. The molecule has 0 aliphatic heterocycles. The van der Waals surface area contributed by atoms with Gasteiger partial charge in [-0.3, -0.25) is 0 Å². The molecule has 0 aliphatic rings. The Morgan fingerprint density at radius 2 is 2.00 bits per heavy atom. The van der Waals surface area contributed by atoms with Crippen LogP contribution in [-0.2, 0) is 0 Å². The zero-order valence-corrected chi connectivity index (χ0v) is 13.0. The molecule has 0 radical (unpaired) electrons. The average Bonchev–Trinajstić information content (AvgIpc) is 2.95. The van der Waals surface area contributed by atoms with E-state index in [4.69, 9.17) is 15.2 Å². The van der Waals surface area contributed by atoms with Gasteiger partial charge in [0.25, 0.3) is 0 Å². The zero-order valence-electron chi connectivity index (χ0n) is 13.0. The molecule has 2 aromatic rings. The molecule has 0 fully saturated rings. The van der Waals surface area contributed by atoms with E-state index in [1.54, 1.807) is 20.4 Å². The van der Waals surface area contributed by atoms with Crippen LogP contribution in [0.5, 0.6) is 11.5 Å². The highest BCUT2D eigenvalue weighted by Gasteiger charge is 2.15. The summed E-state index contributed by atoms with van der Waals surface area (Å²) >= 11 is 0. The van der Waals surface area contributed by atoms with Gasteiger partial charge >= 0.3 is 0 Å². The first-order chi connectivity index (χ1) is 10.0. The lowest BCUT2D eigenvalue weighted by Gasteiger charge is -2.11. The number of hydrogen-bond donors (Lipinski definition) is 2. The largest absolute Gasteiger partial charge is 0.497 e. The lowest BCUT2D eigenvalue weighted by molar-refractivity contribution is 0.404. The first-order valence-corrected chi connectivity index (χ1v) is 7.08. The third kappa shape index (κ3) is 3.55. The number of benzene rings is 1. The number of ether oxygens (including phenoxy) is 2. The van der Waals surface area contributed by atoms with Crippen molar-refractivity contribution < 1.29 is 9.47 Å². The standard InChI is InChI=1S/C16H23N3O2/c1-10(2)7-13(17)16-18-9-14(19-16)12-8-11(20-3)5-6-15(12)21-4/h5-6,8-10,13H,7,17H2,1-4H3,(H,18,19). The summed E-state index contributed by atoms with van der Waals surface area (Å²) in [5, 5.41) is 0. The first kappa shape index (κ1) is 15.4. The summed E-state index contributed by atoms with van der Waals surface area (Å²) in [6.45, 7) is 4.30. The molecule has 0 aliphatic carbocycles. The predicted octanol–water partition coefficient (Wildman–Crippen LogP) is 3.14. The smallest absolute Gasteiger partial charge is 0.128 e. The van der Waals surface area contributed by atoms with Crippen molar-refractivity contribution in [3.8, 4) is 22.8 Å². The van der Waals surface area contributed by atoms with Gasteiger partial charge in [0, 0.05) is 5.56 Å². The van der Waals surface area contributed by atoms with Gasteiger partial charge in [-0.1, -0.05) is 13.8 Å². The molecule has 1 atom stereocenters. The second-order valence-corrected chi connectivity index (χ2v) is 5.48. The molecule has 0 spiro atoms. The number of aromatic amines is 1. The highest BCUT2D eigenvalue weighted by molar-refractivity contribution is 5.68. The molecule has 5 heteroatoms. The van der Waals surface area contributed by atoms with Crippen molar-refractivity contribution in [2.75, 3.05) is 14.2 Å². The van der Waals surface area contributed by atoms with Crippen molar-refractivity contribution >= 4 is 0 Å². The number of rotatable bonds is 6. The lowest BCUT2D eigenvalue weighted by Crippen LogP contribution is -2.14. The van der Waals surface area contributed by atoms with Gasteiger partial charge in [0.15, 0.2) is 0 Å². The van der Waals surface area contributed by atoms with Crippen LogP contribution in [0.2, 0.25) is 0 Å². The summed E-state index contributed by atoms with van der Waals surface area (Å²) in [4.78, 5) is 7.69. The molecule has 0 saturated carbocycles. The summed E-state index contributed by atoms with van der Waals surface area (Å²) in [7, 11) is 3.29. The van der Waals surface area contributed by atoms with E-state index in [-0.39, 0.29) is 6.04 Å². The second-order valence-electron chi connectivity index (χ2n) is 5.48. The number of nitrogens with zero attached hydrogens (tertiary/aromatic N) is 1. The fourth-order valence-corrected chi connectivity index (χ4v) is 2.31. The number of nitrogens with two attached hydrogens (primary N) is 1. The van der Waals surface area contributed by atoms with Crippen LogP contribution in [0.15, 0.2) is 24.4 Å². The molecule has 0 amide bonds. The molecule has 5 nitrogen and oxygen atoms in total. The highest BCUT2D eigenvalue weighted by atomic mass is 16.5. The van der Waals surface area contributed by atoms with Gasteiger partial charge in [-0.05, 0) is 30.5 Å². The molecule has 1 unspecified atom stereocenters. The molecule has 114 valence electrons. The molecule has 1 aromatic heterocycles. The fourth-order valence-electron chi connectivity index (χ4n) is 2.31. The van der Waals surface area contributed by atoms with Crippen molar-refractivity contribution in [2.45, 2.75) is 26.3 Å². The van der Waals surface area contributed by atoms with Gasteiger partial charge in [0.1, 0.15) is 17.3 Å². The number of nitrogens with one attached hydrogen (secondary N) is 1. The van der Waals surface area contributed by atoms with Gasteiger partial charge in [-0.15, -0.1) is 0 Å². The molecule has 2 rings (SSSR count). The molecule has 0 bridgehead atoms. The maximum atomic E-state index is 6.16. The monoisotopic (exact) mass is 289 g/mol. The van der Waals surface area contributed by atoms with Crippen LogP contribution in [0.25, 0.3) is 11.3 Å². The minimum atomic E-state index is -0.0876. The molecule has 3 N–H and O–H groups in total. The maximum absolute atomic E-state index is 6.16. The van der Waals surface area contributed by atoms with Crippen LogP contribution in [0, 0.1) is 5.92 Å². The van der Waals surface area contributed by atoms with Crippen molar-refractivity contribution in [1.29, 1.82) is 0 Å². The van der Waals surface area contributed by atoms with E-state index in [1.807, 2.05) is 18.2 Å². The van der Waals surface area contributed by atoms with Crippen LogP contribution in [0.3, 0.4) is 0 Å². The van der Waals surface area contributed by atoms with Crippen LogP contribution in [-0.4, -0.2) is 24.2 Å². The zero-order chi connectivity index (χ0) is 15.4. The molecule has 0 saturated heterocycles. The van der Waals surface area contributed by atoms with Gasteiger partial charge < -0.3 is 20.2 Å². The third-order valence-electron chi connectivity index (χ3n) is 3.37. The Morgan fingerprint density at radius 1 is 1.24 bits per heavy atom. The molecule has 21 heavy (non-hydrogen) atoms. The van der Waals surface area contributed by atoms with Crippen molar-refractivity contribution in [3.63, 3.8) is 0 Å². The molecule has 1 aromatic carbocycles. The van der Waals surface area contributed by atoms with Crippen LogP contribution < -0.4 is 15.2 Å². The Hall–Kier alpha value is -2.01. The molecule has 1 heterocycles. The Morgan fingerprint density at radius 3 is 2.62 bits per heavy atom. The quantitative estimate of drug-likeness (QED) is 0.857. The van der Waals surface area contributed by atoms with Crippen LogP contribution in [0.1, 0.15) is 32.1 Å². The number of imidazole rings is 1. The van der Waals surface area contributed by atoms with Crippen LogP contribution in [0.4, 0.5) is 0 Å². The van der Waals surface area contributed by atoms with E-state index < -0.39 is 0 Å². The van der Waals surface area contributed by atoms with E-state index in [9.17, 15) is 0 Å². The fraction of sp³-hybridized carbons (Fsp3) is 0.438. The lowest BCUT2D eigenvalue weighted by atomic mass is 10.0. The molecular weight excluding hydrogens is 266 g/mol. The maximum Gasteiger partial charge on any atom is 0.128 e. The SMILES string of the molecule is COc1ccc(OC)c(-c2cnc(C(N)CC(C)C)[nH]2)c1. The van der Waals surface area contributed by atoms with E-state index in [0.29, 0.717) is 5.92 Å². The number of methoxy groups -OCH3 is 2. The summed E-state index contributed by atoms with van der Waals surface area (Å²) in [5.74, 6) is 2.86. The second kappa shape index (κ2) is 6.63. The first-order valence-electron chi connectivity index (χ1n) is 7.08. The number of aromatic nitrogens is 2. The number of hydrogen-bond acceptors (Lipinski definition) is 4. The van der Waals surface area contributed by atoms with Gasteiger partial charge in [0.2, 0.25) is 0 Å². The van der Waals surface area contributed by atoms with E-state index >= 15 is 0 Å². The van der Waals surface area contributed by atoms with Gasteiger partial charge in [-0.2, -0.15) is 0 Å².